The minimum Gasteiger partial charge on any atom is -0.396 e. The Labute approximate surface area is 292 Å². The van der Waals surface area contributed by atoms with Crippen molar-refractivity contribution in [3.63, 3.8) is 0 Å². The first kappa shape index (κ1) is 34.3. The summed E-state index contributed by atoms with van der Waals surface area (Å²) in [4.78, 5) is 44.4. The number of nitrogens with zero attached hydrogens (tertiary/aromatic N) is 6. The number of rotatable bonds is 6. The maximum Gasteiger partial charge on any atom is 0.327 e. The van der Waals surface area contributed by atoms with Gasteiger partial charge in [-0.3, -0.25) is 20.4 Å². The molecule has 4 heterocycles. The molecule has 0 atom stereocenters. The SMILES string of the molecule is CS(=O)(=O)c1ncc2c(n1)NC(=O)N(c1ccccc1Cl)C2.O=C1Nc2nc(NC3CCC(CO)CC3)ncc2CN1c1ccccc1Cl. The van der Waals surface area contributed by atoms with Gasteiger partial charge in [0.05, 0.1) is 34.5 Å². The third-order valence-electron chi connectivity index (χ3n) is 8.36. The normalized spacial score (nSPS) is 18.7. The summed E-state index contributed by atoms with van der Waals surface area (Å²) < 4.78 is 22.9. The van der Waals surface area contributed by atoms with Crippen LogP contribution in [0.15, 0.2) is 66.1 Å². The monoisotopic (exact) mass is 725 g/mol. The summed E-state index contributed by atoms with van der Waals surface area (Å²) in [6.45, 7) is 0.831. The van der Waals surface area contributed by atoms with Gasteiger partial charge in [-0.05, 0) is 55.9 Å². The van der Waals surface area contributed by atoms with Crippen LogP contribution >= 0.6 is 23.2 Å². The number of halogens is 2. The molecule has 2 aliphatic heterocycles. The summed E-state index contributed by atoms with van der Waals surface area (Å²) in [5, 5.41) is 18.6. The number of fused-ring (bicyclic) bond motifs is 2. The van der Waals surface area contributed by atoms with Crippen LogP contribution in [0.3, 0.4) is 0 Å². The molecule has 4 amide bonds. The molecule has 0 radical (unpaired) electrons. The molecule has 7 rings (SSSR count). The van der Waals surface area contributed by atoms with Crippen LogP contribution in [0.1, 0.15) is 36.8 Å². The second-order valence-electron chi connectivity index (χ2n) is 11.8. The molecule has 0 unspecified atom stereocenters. The average Bonchev–Trinajstić information content (AvgIpc) is 3.08. The maximum absolute atomic E-state index is 12.5. The number of carbonyl (C=O) groups is 2. The molecular weight excluding hydrogens is 693 g/mol. The van der Waals surface area contributed by atoms with E-state index in [1.54, 1.807) is 41.4 Å². The van der Waals surface area contributed by atoms with Gasteiger partial charge in [0.15, 0.2) is 0 Å². The highest BCUT2D eigenvalue weighted by Gasteiger charge is 2.29. The number of hydrogen-bond acceptors (Lipinski definition) is 10. The molecule has 1 fully saturated rings. The number of sulfone groups is 1. The lowest BCUT2D eigenvalue weighted by atomic mass is 9.87. The number of nitrogens with one attached hydrogen (secondary N) is 3. The molecule has 1 saturated carbocycles. The van der Waals surface area contributed by atoms with Crippen molar-refractivity contribution in [1.82, 2.24) is 19.9 Å². The zero-order valence-corrected chi connectivity index (χ0v) is 28.6. The van der Waals surface area contributed by atoms with Crippen molar-refractivity contribution in [3.05, 3.63) is 82.1 Å². The molecule has 2 aromatic heterocycles. The molecular formula is C32H33Cl2N9O5S. The van der Waals surface area contributed by atoms with E-state index in [1.807, 2.05) is 18.2 Å². The van der Waals surface area contributed by atoms with Gasteiger partial charge in [0.2, 0.25) is 20.9 Å². The number of hydrogen-bond donors (Lipinski definition) is 4. The van der Waals surface area contributed by atoms with Gasteiger partial charge in [-0.25, -0.2) is 33.0 Å². The number of carbonyl (C=O) groups excluding carboxylic acids is 2. The average molecular weight is 727 g/mol. The minimum atomic E-state index is -3.53. The zero-order valence-electron chi connectivity index (χ0n) is 26.3. The fourth-order valence-corrected chi connectivity index (χ4v) is 6.69. The molecule has 14 nitrogen and oxygen atoms in total. The lowest BCUT2D eigenvalue weighted by molar-refractivity contribution is 0.185. The van der Waals surface area contributed by atoms with Gasteiger partial charge >= 0.3 is 12.1 Å². The van der Waals surface area contributed by atoms with Crippen molar-refractivity contribution in [2.75, 3.05) is 38.6 Å². The highest BCUT2D eigenvalue weighted by molar-refractivity contribution is 7.90. The molecule has 2 aromatic carbocycles. The van der Waals surface area contributed by atoms with Crippen LogP contribution < -0.4 is 25.8 Å². The second-order valence-corrected chi connectivity index (χ2v) is 14.6. The Kier molecular flexibility index (Phi) is 10.2. The van der Waals surface area contributed by atoms with Crippen molar-refractivity contribution in [2.24, 2.45) is 5.92 Å². The predicted octanol–water partition coefficient (Wildman–Crippen LogP) is 5.73. The molecule has 0 saturated heterocycles. The maximum atomic E-state index is 12.5. The van der Waals surface area contributed by atoms with Crippen molar-refractivity contribution >= 4 is 74.1 Å². The van der Waals surface area contributed by atoms with Crippen LogP contribution in [0.4, 0.5) is 38.5 Å². The van der Waals surface area contributed by atoms with Crippen LogP contribution in [0.2, 0.25) is 10.0 Å². The fraction of sp³-hybridized carbons (Fsp3) is 0.312. The summed E-state index contributed by atoms with van der Waals surface area (Å²) in [5.41, 5.74) is 2.65. The van der Waals surface area contributed by atoms with E-state index in [0.29, 0.717) is 57.3 Å². The summed E-state index contributed by atoms with van der Waals surface area (Å²) in [6, 6.07) is 13.8. The highest BCUT2D eigenvalue weighted by atomic mass is 35.5. The number of aromatic nitrogens is 4. The third-order valence-corrected chi connectivity index (χ3v) is 9.86. The summed E-state index contributed by atoms with van der Waals surface area (Å²) in [7, 11) is -3.53. The molecule has 4 aromatic rings. The zero-order chi connectivity index (χ0) is 34.7. The number of para-hydroxylation sites is 2. The standard InChI is InChI=1S/C19H22ClN5O2.C13H11ClN4O3S/c20-15-3-1-2-4-16(15)25-10-13-9-21-18(23-17(13)24-19(25)27)22-14-7-5-12(11-26)6-8-14;1-22(20,21)12-15-6-8-7-18(13(19)17-11(8)16-12)10-5-3-2-4-9(10)14/h1-4,9,12,14,26H,5-8,10-11H2,(H2,21,22,23,24,27);2-6H,7H2,1H3,(H,15,16,17,19). The minimum absolute atomic E-state index is 0.198. The highest BCUT2D eigenvalue weighted by Crippen LogP contribution is 2.33. The summed E-state index contributed by atoms with van der Waals surface area (Å²) in [6.07, 6.45) is 8.12. The van der Waals surface area contributed by atoms with Crippen LogP contribution in [0, 0.1) is 5.92 Å². The topological polar surface area (TPSA) is 183 Å². The van der Waals surface area contributed by atoms with E-state index in [4.69, 9.17) is 23.2 Å². The second kappa shape index (κ2) is 14.5. The first-order valence-corrected chi connectivity index (χ1v) is 18.1. The van der Waals surface area contributed by atoms with Crippen LogP contribution in [-0.2, 0) is 22.9 Å². The molecule has 0 spiro atoms. The van der Waals surface area contributed by atoms with E-state index in [1.165, 1.54) is 11.1 Å². The van der Waals surface area contributed by atoms with Gasteiger partial charge in [-0.1, -0.05) is 47.5 Å². The third kappa shape index (κ3) is 7.85. The van der Waals surface area contributed by atoms with E-state index in [-0.39, 0.29) is 30.2 Å². The Morgan fingerprint density at radius 3 is 1.84 bits per heavy atom. The molecule has 3 aliphatic rings. The van der Waals surface area contributed by atoms with Gasteiger partial charge in [0.1, 0.15) is 11.6 Å². The van der Waals surface area contributed by atoms with Crippen molar-refractivity contribution < 1.29 is 23.1 Å². The van der Waals surface area contributed by atoms with Crippen LogP contribution in [-0.4, -0.2) is 64.4 Å². The molecule has 49 heavy (non-hydrogen) atoms. The number of aliphatic hydroxyl groups is 1. The summed E-state index contributed by atoms with van der Waals surface area (Å²) in [5.74, 6) is 1.66. The van der Waals surface area contributed by atoms with Crippen molar-refractivity contribution in [1.29, 1.82) is 0 Å². The number of anilines is 5. The van der Waals surface area contributed by atoms with Gasteiger partial charge in [0, 0.05) is 42.4 Å². The first-order valence-electron chi connectivity index (χ1n) is 15.5. The number of aliphatic hydroxyl groups excluding tert-OH is 1. The Morgan fingerprint density at radius 2 is 1.33 bits per heavy atom. The molecule has 1 aliphatic carbocycles. The molecule has 17 heteroatoms. The Balaban J connectivity index is 0.000000174. The first-order chi connectivity index (χ1) is 23.5. The molecule has 256 valence electrons. The van der Waals surface area contributed by atoms with Crippen molar-refractivity contribution in [2.45, 2.75) is 50.0 Å². The fourth-order valence-electron chi connectivity index (χ4n) is 5.72. The van der Waals surface area contributed by atoms with Crippen molar-refractivity contribution in [3.8, 4) is 0 Å². The Bertz CT molecular complexity index is 1990. The van der Waals surface area contributed by atoms with Gasteiger partial charge in [-0.2, -0.15) is 4.98 Å². The van der Waals surface area contributed by atoms with E-state index in [9.17, 15) is 23.1 Å². The Morgan fingerprint density at radius 1 is 0.816 bits per heavy atom. The van der Waals surface area contributed by atoms with Gasteiger partial charge < -0.3 is 10.4 Å². The van der Waals surface area contributed by atoms with E-state index >= 15 is 0 Å². The summed E-state index contributed by atoms with van der Waals surface area (Å²) >= 11 is 12.3. The smallest absolute Gasteiger partial charge is 0.327 e. The van der Waals surface area contributed by atoms with Crippen LogP contribution in [0.25, 0.3) is 0 Å². The Hall–Kier alpha value is -4.57. The van der Waals surface area contributed by atoms with Crippen LogP contribution in [0.5, 0.6) is 0 Å². The molecule has 4 N–H and O–H groups in total. The lowest BCUT2D eigenvalue weighted by Gasteiger charge is -2.30. The number of amides is 4. The van der Waals surface area contributed by atoms with E-state index in [2.05, 4.69) is 35.9 Å². The molecule has 0 bridgehead atoms. The number of urea groups is 2. The number of benzene rings is 2. The van der Waals surface area contributed by atoms with E-state index in [0.717, 1.165) is 37.5 Å². The quantitative estimate of drug-likeness (QED) is 0.179. The predicted molar refractivity (Wildman–Crippen MR) is 187 cm³/mol. The van der Waals surface area contributed by atoms with E-state index < -0.39 is 15.9 Å². The largest absolute Gasteiger partial charge is 0.396 e. The van der Waals surface area contributed by atoms with Gasteiger partial charge in [-0.15, -0.1) is 0 Å². The lowest BCUT2D eigenvalue weighted by Crippen LogP contribution is -2.39. The van der Waals surface area contributed by atoms with Gasteiger partial charge in [0.25, 0.3) is 0 Å².